The minimum Gasteiger partial charge on any atom is -0.179 e. The third kappa shape index (κ3) is 4.09. The summed E-state index contributed by atoms with van der Waals surface area (Å²) in [5, 5.41) is 0. The molecule has 1 aromatic carbocycles. The monoisotopic (exact) mass is 345 g/mol. The summed E-state index contributed by atoms with van der Waals surface area (Å²) >= 11 is 0. The first kappa shape index (κ1) is 18.2. The molecule has 0 aliphatic carbocycles. The van der Waals surface area contributed by atoms with Crippen molar-refractivity contribution in [3.63, 3.8) is 0 Å². The van der Waals surface area contributed by atoms with Crippen LogP contribution in [-0.4, -0.2) is 0 Å². The van der Waals surface area contributed by atoms with Gasteiger partial charge in [-0.1, -0.05) is 0 Å². The molecule has 0 nitrogen and oxygen atoms in total. The predicted octanol–water partition coefficient (Wildman–Crippen LogP) is 4.54. The van der Waals surface area contributed by atoms with Crippen molar-refractivity contribution >= 4 is 0 Å². The molecule has 0 saturated carbocycles. The van der Waals surface area contributed by atoms with Gasteiger partial charge in [0.15, 0.2) is 0 Å². The molecule has 0 bridgehead atoms. The average molecular weight is 346 g/mol. The molecule has 0 aromatic heterocycles. The Bertz CT molecular complexity index is 408. The summed E-state index contributed by atoms with van der Waals surface area (Å²) in [6.45, 7) is 0. The first-order valence-electron chi connectivity index (χ1n) is 4.11. The minimum absolute atomic E-state index is 0. The second-order valence-electron chi connectivity index (χ2n) is 3.13. The van der Waals surface area contributed by atoms with Crippen molar-refractivity contribution in [1.29, 1.82) is 0 Å². The van der Waals surface area contributed by atoms with Crippen molar-refractivity contribution < 1.29 is 59.0 Å². The molecule has 0 spiro atoms. The van der Waals surface area contributed by atoms with Gasteiger partial charge in [-0.05, 0) is 16.7 Å². The second kappa shape index (κ2) is 5.30. The van der Waals surface area contributed by atoms with Gasteiger partial charge in [-0.2, -0.15) is 57.7 Å². The zero-order valence-corrected chi connectivity index (χ0v) is 11.7. The van der Waals surface area contributed by atoms with Gasteiger partial charge < -0.3 is 0 Å². The Labute approximate surface area is 113 Å². The Morgan fingerprint density at radius 3 is 1.53 bits per heavy atom. The van der Waals surface area contributed by atoms with Crippen LogP contribution >= 0.6 is 0 Å². The second-order valence-corrected chi connectivity index (χ2v) is 3.13. The molecule has 0 amide bonds. The van der Waals surface area contributed by atoms with E-state index < -0.39 is 35.2 Å². The van der Waals surface area contributed by atoms with Crippen molar-refractivity contribution in [2.45, 2.75) is 18.5 Å². The zero-order valence-electron chi connectivity index (χ0n) is 8.76. The van der Waals surface area contributed by atoms with Gasteiger partial charge in [0.1, 0.15) is 0 Å². The van der Waals surface area contributed by atoms with Gasteiger partial charge in [-0.3, -0.25) is 0 Å². The van der Waals surface area contributed by atoms with E-state index >= 15 is 0 Å². The molecule has 0 unspecified atom stereocenters. The number of benzene rings is 1. The van der Waals surface area contributed by atoms with Gasteiger partial charge in [0, 0.05) is 19.5 Å². The molecule has 0 saturated heterocycles. The average Bonchev–Trinajstić information content (AvgIpc) is 2.12. The Kier molecular flexibility index (Phi) is 5.08. The fourth-order valence-corrected chi connectivity index (χ4v) is 1.25. The van der Waals surface area contributed by atoms with E-state index in [1.54, 1.807) is 0 Å². The number of alkyl halides is 9. The molecule has 1 aromatic rings. The molecule has 0 fully saturated rings. The number of rotatable bonds is 0. The number of hydrogen-bond donors (Lipinski definition) is 0. The molecule has 0 heterocycles. The Morgan fingerprint density at radius 1 is 0.737 bits per heavy atom. The van der Waals surface area contributed by atoms with E-state index in [9.17, 15) is 39.5 Å². The van der Waals surface area contributed by atoms with Crippen LogP contribution in [0.3, 0.4) is 0 Å². The summed E-state index contributed by atoms with van der Waals surface area (Å²) in [4.78, 5) is 0. The zero-order chi connectivity index (χ0) is 14.4. The summed E-state index contributed by atoms with van der Waals surface area (Å²) in [5.41, 5.74) is -7.64. The van der Waals surface area contributed by atoms with Gasteiger partial charge in [0.25, 0.3) is 0 Å². The first-order valence-corrected chi connectivity index (χ1v) is 4.11. The number of hydrogen-bond acceptors (Lipinski definition) is 0. The summed E-state index contributed by atoms with van der Waals surface area (Å²) in [5.74, 6) is 0. The smallest absolute Gasteiger partial charge is 0.179 e. The van der Waals surface area contributed by atoms with Gasteiger partial charge in [-0.25, -0.2) is 0 Å². The van der Waals surface area contributed by atoms with Crippen LogP contribution in [0.25, 0.3) is 0 Å². The topological polar surface area (TPSA) is 0 Å². The van der Waals surface area contributed by atoms with E-state index in [2.05, 4.69) is 0 Å². The molecule has 0 radical (unpaired) electrons. The molecular formula is C9H2F9Zn-. The maximum Gasteiger partial charge on any atom is 0.395 e. The van der Waals surface area contributed by atoms with E-state index in [0.29, 0.717) is 0 Å². The standard InChI is InChI=1S/C9H2F9.Zn/c10-7(11,12)4-2-1-3-5(8(13,14)15)6(4)9(16,17)18;/h1-2H;/q-1;. The van der Waals surface area contributed by atoms with Gasteiger partial charge >= 0.3 is 18.5 Å². The molecule has 0 aliphatic rings. The van der Waals surface area contributed by atoms with Gasteiger partial charge in [0.05, 0.1) is 0 Å². The van der Waals surface area contributed by atoms with E-state index in [1.807, 2.05) is 0 Å². The van der Waals surface area contributed by atoms with Crippen LogP contribution in [0.2, 0.25) is 0 Å². The maximum absolute atomic E-state index is 12.3. The number of halogens is 9. The minimum atomic E-state index is -5.78. The van der Waals surface area contributed by atoms with Gasteiger partial charge in [-0.15, -0.1) is 0 Å². The molecule has 0 N–H and O–H groups in total. The quantitative estimate of drug-likeness (QED) is 0.367. The van der Waals surface area contributed by atoms with Crippen molar-refractivity contribution in [3.8, 4) is 0 Å². The van der Waals surface area contributed by atoms with Crippen molar-refractivity contribution in [1.82, 2.24) is 0 Å². The van der Waals surface area contributed by atoms with Gasteiger partial charge in [0.2, 0.25) is 0 Å². The molecule has 0 atom stereocenters. The Balaban J connectivity index is 0.00000324. The van der Waals surface area contributed by atoms with E-state index in [1.165, 1.54) is 0 Å². The predicted molar refractivity (Wildman–Crippen MR) is 40.3 cm³/mol. The SMILES string of the molecule is FC(F)(F)c1[c-]ccc(C(F)(F)F)c1C(F)(F)F.[Zn]. The van der Waals surface area contributed by atoms with Crippen LogP contribution in [0, 0.1) is 6.07 Å². The molecule has 0 aliphatic heterocycles. The van der Waals surface area contributed by atoms with Crippen LogP contribution in [-0.2, 0) is 38.0 Å². The third-order valence-electron chi connectivity index (χ3n) is 1.87. The Hall–Kier alpha value is -0.787. The Morgan fingerprint density at radius 2 is 1.21 bits per heavy atom. The largest absolute Gasteiger partial charge is 0.395 e. The maximum atomic E-state index is 12.3. The van der Waals surface area contributed by atoms with Crippen LogP contribution in [0.5, 0.6) is 0 Å². The summed E-state index contributed by atoms with van der Waals surface area (Å²) < 4.78 is 111. The van der Waals surface area contributed by atoms with Crippen molar-refractivity contribution in [2.24, 2.45) is 0 Å². The molecule has 10 heteroatoms. The third-order valence-corrected chi connectivity index (χ3v) is 1.87. The molecule has 1 rings (SSSR count). The fourth-order valence-electron chi connectivity index (χ4n) is 1.25. The van der Waals surface area contributed by atoms with Crippen LogP contribution in [0.4, 0.5) is 39.5 Å². The fraction of sp³-hybridized carbons (Fsp3) is 0.333. The molecule has 104 valence electrons. The van der Waals surface area contributed by atoms with Crippen molar-refractivity contribution in [3.05, 3.63) is 34.9 Å². The van der Waals surface area contributed by atoms with Crippen LogP contribution in [0.1, 0.15) is 16.7 Å². The van der Waals surface area contributed by atoms with E-state index in [4.69, 9.17) is 0 Å². The normalized spacial score (nSPS) is 13.1. The summed E-state index contributed by atoms with van der Waals surface area (Å²) in [6, 6.07) is 1.21. The summed E-state index contributed by atoms with van der Waals surface area (Å²) in [6.07, 6.45) is -16.9. The molecular weight excluding hydrogens is 344 g/mol. The first-order chi connectivity index (χ1) is 7.85. The van der Waals surface area contributed by atoms with E-state index in [0.717, 1.165) is 6.07 Å². The van der Waals surface area contributed by atoms with E-state index in [-0.39, 0.29) is 31.6 Å². The summed E-state index contributed by atoms with van der Waals surface area (Å²) in [7, 11) is 0. The van der Waals surface area contributed by atoms with Crippen LogP contribution < -0.4 is 0 Å². The van der Waals surface area contributed by atoms with Crippen molar-refractivity contribution in [2.75, 3.05) is 0 Å². The van der Waals surface area contributed by atoms with Crippen LogP contribution in [0.15, 0.2) is 12.1 Å². The molecule has 19 heavy (non-hydrogen) atoms.